The van der Waals surface area contributed by atoms with Crippen molar-refractivity contribution < 1.29 is 13.2 Å². The quantitative estimate of drug-likeness (QED) is 0.837. The molecular formula is C11H13F3N2. The predicted molar refractivity (Wildman–Crippen MR) is 56.0 cm³/mol. The summed E-state index contributed by atoms with van der Waals surface area (Å²) >= 11 is 0. The van der Waals surface area contributed by atoms with Gasteiger partial charge in [-0.1, -0.05) is 6.07 Å². The van der Waals surface area contributed by atoms with Gasteiger partial charge in [-0.25, -0.2) is 0 Å². The average Bonchev–Trinajstić information content (AvgIpc) is 3.00. The minimum atomic E-state index is -4.34. The van der Waals surface area contributed by atoms with Crippen molar-refractivity contribution in [1.82, 2.24) is 0 Å². The fourth-order valence-electron chi connectivity index (χ4n) is 1.57. The summed E-state index contributed by atoms with van der Waals surface area (Å²) in [5, 5.41) is 3.04. The number of anilines is 1. The van der Waals surface area contributed by atoms with E-state index in [1.54, 1.807) is 6.07 Å². The van der Waals surface area contributed by atoms with Crippen molar-refractivity contribution in [2.75, 3.05) is 5.32 Å². The van der Waals surface area contributed by atoms with Crippen LogP contribution in [0, 0.1) is 0 Å². The summed E-state index contributed by atoms with van der Waals surface area (Å²) in [6.07, 6.45) is -2.28. The van der Waals surface area contributed by atoms with E-state index in [2.05, 4.69) is 5.32 Å². The van der Waals surface area contributed by atoms with E-state index in [0.717, 1.165) is 18.9 Å². The van der Waals surface area contributed by atoms with Gasteiger partial charge < -0.3 is 11.1 Å². The van der Waals surface area contributed by atoms with Gasteiger partial charge in [0.05, 0.1) is 5.56 Å². The number of rotatable bonds is 3. The molecule has 1 saturated carbocycles. The van der Waals surface area contributed by atoms with Crippen LogP contribution in [0.25, 0.3) is 0 Å². The number of hydrogen-bond acceptors (Lipinski definition) is 2. The zero-order valence-corrected chi connectivity index (χ0v) is 8.64. The summed E-state index contributed by atoms with van der Waals surface area (Å²) < 4.78 is 38.1. The van der Waals surface area contributed by atoms with Gasteiger partial charge >= 0.3 is 6.18 Å². The van der Waals surface area contributed by atoms with Gasteiger partial charge in [0.15, 0.2) is 0 Å². The Morgan fingerprint density at radius 2 is 2.00 bits per heavy atom. The molecule has 1 aromatic rings. The average molecular weight is 230 g/mol. The first kappa shape index (κ1) is 11.3. The molecule has 0 spiro atoms. The molecule has 0 amide bonds. The van der Waals surface area contributed by atoms with Crippen LogP contribution in [0.3, 0.4) is 0 Å². The van der Waals surface area contributed by atoms with E-state index in [0.29, 0.717) is 11.7 Å². The molecular weight excluding hydrogens is 217 g/mol. The van der Waals surface area contributed by atoms with Crippen LogP contribution >= 0.6 is 0 Å². The Bertz CT molecular complexity index is 383. The zero-order valence-electron chi connectivity index (χ0n) is 8.64. The van der Waals surface area contributed by atoms with Crippen molar-refractivity contribution in [1.29, 1.82) is 0 Å². The highest BCUT2D eigenvalue weighted by Crippen LogP contribution is 2.34. The molecule has 1 aliphatic carbocycles. The monoisotopic (exact) mass is 230 g/mol. The zero-order chi connectivity index (χ0) is 11.8. The molecule has 3 N–H and O–H groups in total. The molecule has 88 valence electrons. The first-order chi connectivity index (χ1) is 7.50. The fraction of sp³-hybridized carbons (Fsp3) is 0.455. The highest BCUT2D eigenvalue weighted by molar-refractivity contribution is 5.51. The Morgan fingerprint density at radius 3 is 2.50 bits per heavy atom. The Morgan fingerprint density at radius 1 is 1.31 bits per heavy atom. The van der Waals surface area contributed by atoms with E-state index in [1.165, 1.54) is 6.07 Å². The molecule has 1 fully saturated rings. The van der Waals surface area contributed by atoms with E-state index in [-0.39, 0.29) is 12.1 Å². The Kier molecular flexibility index (Phi) is 2.80. The summed E-state index contributed by atoms with van der Waals surface area (Å²) in [7, 11) is 0. The van der Waals surface area contributed by atoms with Crippen LogP contribution in [0.2, 0.25) is 0 Å². The van der Waals surface area contributed by atoms with Crippen molar-refractivity contribution in [2.24, 2.45) is 5.73 Å². The number of alkyl halides is 3. The summed E-state index contributed by atoms with van der Waals surface area (Å²) in [4.78, 5) is 0. The minimum absolute atomic E-state index is 0.0987. The Balaban J connectivity index is 2.29. The van der Waals surface area contributed by atoms with Gasteiger partial charge in [-0.05, 0) is 30.5 Å². The Hall–Kier alpha value is -1.23. The number of hydrogen-bond donors (Lipinski definition) is 2. The van der Waals surface area contributed by atoms with Crippen LogP contribution in [0.1, 0.15) is 24.0 Å². The lowest BCUT2D eigenvalue weighted by atomic mass is 10.1. The van der Waals surface area contributed by atoms with E-state index in [4.69, 9.17) is 5.73 Å². The van der Waals surface area contributed by atoms with Gasteiger partial charge in [0.1, 0.15) is 0 Å². The van der Waals surface area contributed by atoms with Gasteiger partial charge in [-0.2, -0.15) is 13.2 Å². The molecule has 0 aromatic heterocycles. The molecule has 0 atom stereocenters. The molecule has 0 bridgehead atoms. The van der Waals surface area contributed by atoms with Crippen LogP contribution in [-0.2, 0) is 12.7 Å². The van der Waals surface area contributed by atoms with E-state index < -0.39 is 11.7 Å². The maximum absolute atomic E-state index is 12.7. The third-order valence-electron chi connectivity index (χ3n) is 2.58. The van der Waals surface area contributed by atoms with E-state index in [1.807, 2.05) is 0 Å². The van der Waals surface area contributed by atoms with Crippen LogP contribution < -0.4 is 11.1 Å². The van der Waals surface area contributed by atoms with Gasteiger partial charge in [-0.3, -0.25) is 0 Å². The van der Waals surface area contributed by atoms with Crippen LogP contribution in [0.5, 0.6) is 0 Å². The fourth-order valence-corrected chi connectivity index (χ4v) is 1.57. The summed E-state index contributed by atoms with van der Waals surface area (Å²) in [6, 6.07) is 4.56. The van der Waals surface area contributed by atoms with Crippen LogP contribution in [0.4, 0.5) is 18.9 Å². The lowest BCUT2D eigenvalue weighted by Gasteiger charge is -2.14. The van der Waals surface area contributed by atoms with E-state index in [9.17, 15) is 13.2 Å². The summed E-state index contributed by atoms with van der Waals surface area (Å²) in [5.41, 5.74) is 5.31. The second-order valence-electron chi connectivity index (χ2n) is 3.99. The highest BCUT2D eigenvalue weighted by atomic mass is 19.4. The van der Waals surface area contributed by atoms with Gasteiger partial charge in [0.25, 0.3) is 0 Å². The number of nitrogens with one attached hydrogen (secondary N) is 1. The SMILES string of the molecule is NCc1ccc(NC2CC2)cc1C(F)(F)F. The normalized spacial score (nSPS) is 16.2. The first-order valence-corrected chi connectivity index (χ1v) is 5.17. The van der Waals surface area contributed by atoms with Gasteiger partial charge in [0, 0.05) is 18.3 Å². The van der Waals surface area contributed by atoms with Crippen molar-refractivity contribution >= 4 is 5.69 Å². The molecule has 2 nitrogen and oxygen atoms in total. The van der Waals surface area contributed by atoms with Crippen molar-refractivity contribution in [3.63, 3.8) is 0 Å². The number of nitrogens with two attached hydrogens (primary N) is 1. The molecule has 0 heterocycles. The maximum atomic E-state index is 12.7. The van der Waals surface area contributed by atoms with Gasteiger partial charge in [0.2, 0.25) is 0 Å². The van der Waals surface area contributed by atoms with Crippen molar-refractivity contribution in [3.8, 4) is 0 Å². The third-order valence-corrected chi connectivity index (χ3v) is 2.58. The molecule has 1 aliphatic rings. The standard InChI is InChI=1S/C11H13F3N2/c12-11(13,14)10-5-9(16-8-3-4-8)2-1-7(10)6-15/h1-2,5,8,16H,3-4,6,15H2. The smallest absolute Gasteiger partial charge is 0.382 e. The summed E-state index contributed by atoms with van der Waals surface area (Å²) in [6.45, 7) is -0.0987. The molecule has 0 unspecified atom stereocenters. The molecule has 2 rings (SSSR count). The lowest BCUT2D eigenvalue weighted by Crippen LogP contribution is -2.13. The number of benzene rings is 1. The van der Waals surface area contributed by atoms with Crippen molar-refractivity contribution in [3.05, 3.63) is 29.3 Å². The molecule has 16 heavy (non-hydrogen) atoms. The van der Waals surface area contributed by atoms with Crippen LogP contribution in [0.15, 0.2) is 18.2 Å². The van der Waals surface area contributed by atoms with Gasteiger partial charge in [-0.15, -0.1) is 0 Å². The first-order valence-electron chi connectivity index (χ1n) is 5.17. The Labute approximate surface area is 91.6 Å². The predicted octanol–water partition coefficient (Wildman–Crippen LogP) is 2.74. The molecule has 0 aliphatic heterocycles. The highest BCUT2D eigenvalue weighted by Gasteiger charge is 2.33. The van der Waals surface area contributed by atoms with E-state index >= 15 is 0 Å². The molecule has 0 saturated heterocycles. The number of halogens is 3. The molecule has 5 heteroatoms. The second-order valence-corrected chi connectivity index (χ2v) is 3.99. The molecule has 0 radical (unpaired) electrons. The largest absolute Gasteiger partial charge is 0.416 e. The minimum Gasteiger partial charge on any atom is -0.382 e. The topological polar surface area (TPSA) is 38.0 Å². The molecule has 1 aromatic carbocycles. The lowest BCUT2D eigenvalue weighted by molar-refractivity contribution is -0.138. The second kappa shape index (κ2) is 3.97. The van der Waals surface area contributed by atoms with Crippen molar-refractivity contribution in [2.45, 2.75) is 31.6 Å². The maximum Gasteiger partial charge on any atom is 0.416 e. The summed E-state index contributed by atoms with van der Waals surface area (Å²) in [5.74, 6) is 0. The third kappa shape index (κ3) is 2.47. The van der Waals surface area contributed by atoms with Crippen LogP contribution in [-0.4, -0.2) is 6.04 Å².